The van der Waals surface area contributed by atoms with Crippen LogP contribution in [-0.2, 0) is 10.0 Å². The molecule has 0 fully saturated rings. The predicted molar refractivity (Wildman–Crippen MR) is 85.2 cm³/mol. The van der Waals surface area contributed by atoms with Crippen molar-refractivity contribution in [2.45, 2.75) is 24.3 Å². The summed E-state index contributed by atoms with van der Waals surface area (Å²) in [5.74, 6) is -0.249. The number of sulfonamides is 1. The number of halogens is 1. The van der Waals surface area contributed by atoms with Crippen molar-refractivity contribution in [3.05, 3.63) is 29.8 Å². The number of benzene rings is 1. The smallest absolute Gasteiger partial charge is 0.253 e. The molecular formula is C13H22ClN3O3S. The fourth-order valence-electron chi connectivity index (χ4n) is 1.42. The van der Waals surface area contributed by atoms with E-state index in [1.807, 2.05) is 0 Å². The third-order valence-corrected chi connectivity index (χ3v) is 3.91. The van der Waals surface area contributed by atoms with E-state index in [0.717, 1.165) is 0 Å². The molecule has 0 bridgehead atoms. The predicted octanol–water partition coefficient (Wildman–Crippen LogP) is 0.826. The van der Waals surface area contributed by atoms with E-state index in [1.54, 1.807) is 40.1 Å². The van der Waals surface area contributed by atoms with Crippen LogP contribution in [0.1, 0.15) is 24.2 Å². The standard InChI is InChI=1S/C13H21N3O3S.ClH/c1-13(2,14)9-15-20(18,19)11-7-5-6-10(8-11)12(17)16(3)4;/h5-8,15H,9,14H2,1-4H3;1H. The van der Waals surface area contributed by atoms with Crippen LogP contribution in [0.5, 0.6) is 0 Å². The SMILES string of the molecule is CN(C)C(=O)c1cccc(S(=O)(=O)NCC(C)(C)N)c1.Cl. The van der Waals surface area contributed by atoms with Gasteiger partial charge in [-0.2, -0.15) is 0 Å². The molecule has 1 rings (SSSR count). The van der Waals surface area contributed by atoms with Gasteiger partial charge in [-0.25, -0.2) is 13.1 Å². The number of nitrogens with zero attached hydrogens (tertiary/aromatic N) is 1. The molecule has 0 saturated heterocycles. The van der Waals surface area contributed by atoms with Gasteiger partial charge in [-0.1, -0.05) is 6.07 Å². The molecular weight excluding hydrogens is 314 g/mol. The first kappa shape index (κ1) is 19.9. The lowest BCUT2D eigenvalue weighted by molar-refractivity contribution is 0.0827. The number of amides is 1. The zero-order valence-electron chi connectivity index (χ0n) is 12.6. The Hall–Kier alpha value is -1.15. The summed E-state index contributed by atoms with van der Waals surface area (Å²) in [5.41, 5.74) is 5.43. The fraction of sp³-hybridized carbons (Fsp3) is 0.462. The Morgan fingerprint density at radius 3 is 2.38 bits per heavy atom. The molecule has 0 aliphatic heterocycles. The molecule has 21 heavy (non-hydrogen) atoms. The topological polar surface area (TPSA) is 92.5 Å². The second kappa shape index (κ2) is 7.22. The maximum Gasteiger partial charge on any atom is 0.253 e. The monoisotopic (exact) mass is 335 g/mol. The van der Waals surface area contributed by atoms with Crippen LogP contribution in [0.2, 0.25) is 0 Å². The van der Waals surface area contributed by atoms with Crippen molar-refractivity contribution in [3.63, 3.8) is 0 Å². The average Bonchev–Trinajstić information content (AvgIpc) is 2.35. The van der Waals surface area contributed by atoms with E-state index < -0.39 is 15.6 Å². The van der Waals surface area contributed by atoms with Gasteiger partial charge in [0.1, 0.15) is 0 Å². The second-order valence-electron chi connectivity index (χ2n) is 5.54. The molecule has 0 aromatic heterocycles. The van der Waals surface area contributed by atoms with Gasteiger partial charge in [0.15, 0.2) is 0 Å². The van der Waals surface area contributed by atoms with Gasteiger partial charge in [-0.15, -0.1) is 12.4 Å². The average molecular weight is 336 g/mol. The van der Waals surface area contributed by atoms with Gasteiger partial charge >= 0.3 is 0 Å². The minimum atomic E-state index is -3.68. The molecule has 0 unspecified atom stereocenters. The van der Waals surface area contributed by atoms with Crippen molar-refractivity contribution >= 4 is 28.3 Å². The highest BCUT2D eigenvalue weighted by Gasteiger charge is 2.20. The number of nitrogens with one attached hydrogen (secondary N) is 1. The summed E-state index contributed by atoms with van der Waals surface area (Å²) in [6.07, 6.45) is 0. The molecule has 8 heteroatoms. The molecule has 0 radical (unpaired) electrons. The Bertz CT molecular complexity index is 595. The van der Waals surface area contributed by atoms with Crippen LogP contribution in [0.4, 0.5) is 0 Å². The number of carbonyl (C=O) groups is 1. The number of nitrogens with two attached hydrogens (primary N) is 1. The van der Waals surface area contributed by atoms with Gasteiger partial charge in [0, 0.05) is 31.7 Å². The van der Waals surface area contributed by atoms with Crippen molar-refractivity contribution in [1.82, 2.24) is 9.62 Å². The lowest BCUT2D eigenvalue weighted by Gasteiger charge is -2.19. The molecule has 0 aliphatic rings. The van der Waals surface area contributed by atoms with E-state index in [0.29, 0.717) is 5.56 Å². The first-order valence-corrected chi connectivity index (χ1v) is 7.61. The minimum Gasteiger partial charge on any atom is -0.345 e. The van der Waals surface area contributed by atoms with Crippen LogP contribution in [0.15, 0.2) is 29.2 Å². The maximum atomic E-state index is 12.1. The van der Waals surface area contributed by atoms with E-state index in [4.69, 9.17) is 5.73 Å². The lowest BCUT2D eigenvalue weighted by atomic mass is 10.1. The summed E-state index contributed by atoms with van der Waals surface area (Å²) in [7, 11) is -0.456. The summed E-state index contributed by atoms with van der Waals surface area (Å²) in [4.78, 5) is 13.3. The van der Waals surface area contributed by atoms with Crippen LogP contribution < -0.4 is 10.5 Å². The van der Waals surface area contributed by atoms with E-state index in [-0.39, 0.29) is 29.8 Å². The van der Waals surface area contributed by atoms with E-state index in [2.05, 4.69) is 4.72 Å². The number of rotatable bonds is 5. The van der Waals surface area contributed by atoms with Crippen LogP contribution in [0.25, 0.3) is 0 Å². The highest BCUT2D eigenvalue weighted by Crippen LogP contribution is 2.13. The van der Waals surface area contributed by atoms with Crippen LogP contribution in [-0.4, -0.2) is 45.4 Å². The fourth-order valence-corrected chi connectivity index (χ4v) is 2.69. The molecule has 1 amide bonds. The summed E-state index contributed by atoms with van der Waals surface area (Å²) in [6, 6.07) is 5.92. The van der Waals surface area contributed by atoms with Gasteiger partial charge in [-0.05, 0) is 32.0 Å². The Morgan fingerprint density at radius 2 is 1.90 bits per heavy atom. The van der Waals surface area contributed by atoms with Crippen molar-refractivity contribution in [3.8, 4) is 0 Å². The summed E-state index contributed by atoms with van der Waals surface area (Å²) < 4.78 is 26.7. The van der Waals surface area contributed by atoms with E-state index in [1.165, 1.54) is 17.0 Å². The largest absolute Gasteiger partial charge is 0.345 e. The maximum absolute atomic E-state index is 12.1. The zero-order chi connectivity index (χ0) is 15.6. The highest BCUT2D eigenvalue weighted by atomic mass is 35.5. The molecule has 0 heterocycles. The van der Waals surface area contributed by atoms with Gasteiger partial charge in [0.05, 0.1) is 4.90 Å². The molecule has 120 valence electrons. The summed E-state index contributed by atoms with van der Waals surface area (Å²) in [5, 5.41) is 0. The Morgan fingerprint density at radius 1 is 1.33 bits per heavy atom. The van der Waals surface area contributed by atoms with E-state index >= 15 is 0 Å². The summed E-state index contributed by atoms with van der Waals surface area (Å²) >= 11 is 0. The molecule has 0 atom stereocenters. The molecule has 6 nitrogen and oxygen atoms in total. The molecule has 1 aromatic rings. The first-order valence-electron chi connectivity index (χ1n) is 6.13. The zero-order valence-corrected chi connectivity index (χ0v) is 14.2. The van der Waals surface area contributed by atoms with E-state index in [9.17, 15) is 13.2 Å². The number of hydrogen-bond donors (Lipinski definition) is 2. The molecule has 1 aromatic carbocycles. The highest BCUT2D eigenvalue weighted by molar-refractivity contribution is 7.89. The van der Waals surface area contributed by atoms with Gasteiger partial charge in [-0.3, -0.25) is 4.79 Å². The normalized spacial score (nSPS) is 11.7. The Labute approximate surface area is 132 Å². The summed E-state index contributed by atoms with van der Waals surface area (Å²) in [6.45, 7) is 3.56. The van der Waals surface area contributed by atoms with Crippen molar-refractivity contribution in [2.75, 3.05) is 20.6 Å². The molecule has 0 aliphatic carbocycles. The number of carbonyl (C=O) groups excluding carboxylic acids is 1. The van der Waals surface area contributed by atoms with Gasteiger partial charge in [0.25, 0.3) is 5.91 Å². The van der Waals surface area contributed by atoms with Gasteiger partial charge < -0.3 is 10.6 Å². The Kier molecular flexibility index (Phi) is 6.82. The van der Waals surface area contributed by atoms with Gasteiger partial charge in [0.2, 0.25) is 10.0 Å². The first-order chi connectivity index (χ1) is 9.03. The van der Waals surface area contributed by atoms with Crippen LogP contribution in [0.3, 0.4) is 0 Å². The molecule has 0 spiro atoms. The van der Waals surface area contributed by atoms with Crippen molar-refractivity contribution in [1.29, 1.82) is 0 Å². The van der Waals surface area contributed by atoms with Crippen LogP contribution in [0, 0.1) is 0 Å². The quantitative estimate of drug-likeness (QED) is 0.833. The van der Waals surface area contributed by atoms with Crippen molar-refractivity contribution < 1.29 is 13.2 Å². The second-order valence-corrected chi connectivity index (χ2v) is 7.31. The minimum absolute atomic E-state index is 0. The molecule has 0 saturated carbocycles. The lowest BCUT2D eigenvalue weighted by Crippen LogP contribution is -2.45. The van der Waals surface area contributed by atoms with Crippen molar-refractivity contribution in [2.24, 2.45) is 5.73 Å². The third-order valence-electron chi connectivity index (χ3n) is 2.52. The Balaban J connectivity index is 0.00000400. The number of hydrogen-bond acceptors (Lipinski definition) is 4. The third kappa shape index (κ3) is 6.01. The van der Waals surface area contributed by atoms with Crippen LogP contribution >= 0.6 is 12.4 Å². The molecule has 3 N–H and O–H groups in total.